The van der Waals surface area contributed by atoms with Crippen molar-refractivity contribution in [3.8, 4) is 0 Å². The van der Waals surface area contributed by atoms with Crippen LogP contribution < -0.4 is 5.32 Å². The number of pyridine rings is 1. The van der Waals surface area contributed by atoms with Gasteiger partial charge in [-0.05, 0) is 18.6 Å². The molecule has 0 aliphatic heterocycles. The van der Waals surface area contributed by atoms with Crippen LogP contribution in [-0.2, 0) is 10.0 Å². The Bertz CT molecular complexity index is 563. The third-order valence-corrected chi connectivity index (χ3v) is 4.38. The number of sulfonamides is 1. The van der Waals surface area contributed by atoms with Crippen molar-refractivity contribution >= 4 is 27.5 Å². The number of hydrogen-bond acceptors (Lipinski definition) is 4. The first-order valence-corrected chi connectivity index (χ1v) is 8.42. The van der Waals surface area contributed by atoms with Gasteiger partial charge in [0.25, 0.3) is 5.91 Å². The van der Waals surface area contributed by atoms with Gasteiger partial charge in [0.15, 0.2) is 0 Å². The predicted octanol–water partition coefficient (Wildman–Crippen LogP) is 1.14. The molecular weight excluding hydrogens is 302 g/mol. The molecule has 0 aliphatic carbocycles. The molecule has 8 heteroatoms. The minimum Gasteiger partial charge on any atom is -0.352 e. The largest absolute Gasteiger partial charge is 0.352 e. The standard InChI is InChI=1S/C12H18ClN3O3S/c1-3-16(20(2,18)19)9-5-8-15-12(17)10-6-4-7-14-11(10)13/h4,6-7H,3,5,8-9H2,1-2H3,(H,15,17). The first-order valence-electron chi connectivity index (χ1n) is 6.20. The second-order valence-corrected chi connectivity index (χ2v) is 6.55. The van der Waals surface area contributed by atoms with Gasteiger partial charge in [0, 0.05) is 25.8 Å². The van der Waals surface area contributed by atoms with Crippen molar-refractivity contribution < 1.29 is 13.2 Å². The number of halogens is 1. The van der Waals surface area contributed by atoms with Crippen LogP contribution in [0.4, 0.5) is 0 Å². The van der Waals surface area contributed by atoms with Crippen molar-refractivity contribution in [3.63, 3.8) is 0 Å². The highest BCUT2D eigenvalue weighted by molar-refractivity contribution is 7.88. The highest BCUT2D eigenvalue weighted by Gasteiger charge is 2.14. The fourth-order valence-corrected chi connectivity index (χ4v) is 2.80. The van der Waals surface area contributed by atoms with Crippen LogP contribution in [0.15, 0.2) is 18.3 Å². The summed E-state index contributed by atoms with van der Waals surface area (Å²) in [6.45, 7) is 2.93. The molecule has 112 valence electrons. The Kier molecular flexibility index (Phi) is 6.38. The zero-order valence-corrected chi connectivity index (χ0v) is 13.0. The van der Waals surface area contributed by atoms with E-state index in [4.69, 9.17) is 11.6 Å². The lowest BCUT2D eigenvalue weighted by Crippen LogP contribution is -2.33. The highest BCUT2D eigenvalue weighted by atomic mass is 35.5. The average molecular weight is 320 g/mol. The minimum absolute atomic E-state index is 0.149. The monoisotopic (exact) mass is 319 g/mol. The van der Waals surface area contributed by atoms with E-state index in [0.29, 0.717) is 31.6 Å². The summed E-state index contributed by atoms with van der Waals surface area (Å²) >= 11 is 5.81. The van der Waals surface area contributed by atoms with Gasteiger partial charge in [-0.15, -0.1) is 0 Å². The second-order valence-electron chi connectivity index (χ2n) is 4.21. The third-order valence-electron chi connectivity index (χ3n) is 2.70. The van der Waals surface area contributed by atoms with E-state index in [2.05, 4.69) is 10.3 Å². The number of hydrogen-bond donors (Lipinski definition) is 1. The fourth-order valence-electron chi connectivity index (χ4n) is 1.67. The quantitative estimate of drug-likeness (QED) is 0.603. The molecule has 0 radical (unpaired) electrons. The van der Waals surface area contributed by atoms with Gasteiger partial charge in [0.1, 0.15) is 5.15 Å². The van der Waals surface area contributed by atoms with Gasteiger partial charge in [-0.1, -0.05) is 18.5 Å². The van der Waals surface area contributed by atoms with Crippen LogP contribution >= 0.6 is 11.6 Å². The van der Waals surface area contributed by atoms with Gasteiger partial charge in [-0.2, -0.15) is 0 Å². The van der Waals surface area contributed by atoms with E-state index in [1.807, 2.05) is 0 Å². The molecule has 1 amide bonds. The minimum atomic E-state index is -3.19. The van der Waals surface area contributed by atoms with Crippen molar-refractivity contribution in [2.75, 3.05) is 25.9 Å². The summed E-state index contributed by atoms with van der Waals surface area (Å²) in [5, 5.41) is 2.84. The number of nitrogens with zero attached hydrogens (tertiary/aromatic N) is 2. The number of carbonyl (C=O) groups is 1. The Morgan fingerprint density at radius 2 is 2.20 bits per heavy atom. The van der Waals surface area contributed by atoms with Crippen molar-refractivity contribution in [1.29, 1.82) is 0 Å². The molecule has 1 aromatic rings. The van der Waals surface area contributed by atoms with Crippen LogP contribution in [-0.4, -0.2) is 49.5 Å². The average Bonchev–Trinajstić information content (AvgIpc) is 2.37. The molecule has 0 atom stereocenters. The second kappa shape index (κ2) is 7.56. The van der Waals surface area contributed by atoms with Gasteiger partial charge < -0.3 is 5.32 Å². The lowest BCUT2D eigenvalue weighted by atomic mass is 10.2. The van der Waals surface area contributed by atoms with Gasteiger partial charge in [0.2, 0.25) is 10.0 Å². The number of rotatable bonds is 7. The van der Waals surface area contributed by atoms with Crippen LogP contribution in [0.5, 0.6) is 0 Å². The van der Waals surface area contributed by atoms with Gasteiger partial charge in [-0.25, -0.2) is 17.7 Å². The molecule has 1 aromatic heterocycles. The van der Waals surface area contributed by atoms with Crippen molar-refractivity contribution in [2.24, 2.45) is 0 Å². The summed E-state index contributed by atoms with van der Waals surface area (Å²) in [6.07, 6.45) is 3.21. The maximum Gasteiger partial charge on any atom is 0.254 e. The maximum atomic E-state index is 11.8. The third kappa shape index (κ3) is 5.07. The van der Waals surface area contributed by atoms with E-state index in [-0.39, 0.29) is 11.1 Å². The summed E-state index contributed by atoms with van der Waals surface area (Å²) in [6, 6.07) is 3.21. The molecule has 0 aromatic carbocycles. The summed E-state index contributed by atoms with van der Waals surface area (Å²) in [4.78, 5) is 15.6. The van der Waals surface area contributed by atoms with Crippen molar-refractivity contribution in [2.45, 2.75) is 13.3 Å². The fraction of sp³-hybridized carbons (Fsp3) is 0.500. The molecule has 6 nitrogen and oxygen atoms in total. The Labute approximate surface area is 124 Å². The highest BCUT2D eigenvalue weighted by Crippen LogP contribution is 2.10. The molecule has 1 N–H and O–H groups in total. The van der Waals surface area contributed by atoms with E-state index < -0.39 is 10.0 Å². The Balaban J connectivity index is 2.42. The summed E-state index contributed by atoms with van der Waals surface area (Å²) in [5.41, 5.74) is 0.310. The van der Waals surface area contributed by atoms with E-state index in [1.54, 1.807) is 19.1 Å². The molecule has 1 heterocycles. The molecule has 0 fully saturated rings. The first kappa shape index (κ1) is 16.9. The van der Waals surface area contributed by atoms with Crippen molar-refractivity contribution in [1.82, 2.24) is 14.6 Å². The molecule has 0 unspecified atom stereocenters. The topological polar surface area (TPSA) is 79.4 Å². The van der Waals surface area contributed by atoms with E-state index in [1.165, 1.54) is 16.8 Å². The molecule has 0 spiro atoms. The summed E-state index contributed by atoms with van der Waals surface area (Å²) < 4.78 is 24.1. The molecule has 0 saturated carbocycles. The molecule has 20 heavy (non-hydrogen) atoms. The number of amides is 1. The SMILES string of the molecule is CCN(CCCNC(=O)c1cccnc1Cl)S(C)(=O)=O. The van der Waals surface area contributed by atoms with Crippen LogP contribution in [0.3, 0.4) is 0 Å². The van der Waals surface area contributed by atoms with Crippen LogP contribution in [0, 0.1) is 0 Å². The van der Waals surface area contributed by atoms with E-state index in [9.17, 15) is 13.2 Å². The lowest BCUT2D eigenvalue weighted by Gasteiger charge is -2.17. The number of aromatic nitrogens is 1. The Morgan fingerprint density at radius 3 is 2.75 bits per heavy atom. The van der Waals surface area contributed by atoms with Crippen LogP contribution in [0.1, 0.15) is 23.7 Å². The van der Waals surface area contributed by atoms with Crippen LogP contribution in [0.25, 0.3) is 0 Å². The number of carbonyl (C=O) groups excluding carboxylic acids is 1. The Hall–Kier alpha value is -1.18. The van der Waals surface area contributed by atoms with E-state index in [0.717, 1.165) is 0 Å². The molecule has 1 rings (SSSR count). The maximum absolute atomic E-state index is 11.8. The molecule has 0 bridgehead atoms. The van der Waals surface area contributed by atoms with Gasteiger partial charge >= 0.3 is 0 Å². The first-order chi connectivity index (χ1) is 9.36. The number of nitrogens with one attached hydrogen (secondary N) is 1. The zero-order valence-electron chi connectivity index (χ0n) is 11.5. The lowest BCUT2D eigenvalue weighted by molar-refractivity contribution is 0.0952. The predicted molar refractivity (Wildman–Crippen MR) is 78.3 cm³/mol. The van der Waals surface area contributed by atoms with Crippen molar-refractivity contribution in [3.05, 3.63) is 29.0 Å². The van der Waals surface area contributed by atoms with Gasteiger partial charge in [0.05, 0.1) is 11.8 Å². The Morgan fingerprint density at radius 1 is 1.50 bits per heavy atom. The molecule has 0 saturated heterocycles. The smallest absolute Gasteiger partial charge is 0.254 e. The normalized spacial score (nSPS) is 11.6. The van der Waals surface area contributed by atoms with Crippen LogP contribution in [0.2, 0.25) is 5.15 Å². The summed E-state index contributed by atoms with van der Waals surface area (Å²) in [5.74, 6) is -0.314. The van der Waals surface area contributed by atoms with Gasteiger partial charge in [-0.3, -0.25) is 4.79 Å². The summed E-state index contributed by atoms with van der Waals surface area (Å²) in [7, 11) is -3.19. The molecular formula is C12H18ClN3O3S. The zero-order chi connectivity index (χ0) is 15.2. The van der Waals surface area contributed by atoms with E-state index >= 15 is 0 Å². The molecule has 0 aliphatic rings.